The van der Waals surface area contributed by atoms with Crippen molar-refractivity contribution in [3.05, 3.63) is 42.5 Å². The van der Waals surface area contributed by atoms with Gasteiger partial charge in [0, 0.05) is 5.56 Å². The van der Waals surface area contributed by atoms with Gasteiger partial charge in [-0.25, -0.2) is 0 Å². The number of rotatable bonds is 17. The Kier molecular flexibility index (Phi) is 11.6. The molecule has 1 heterocycles. The summed E-state index contributed by atoms with van der Waals surface area (Å²) in [7, 11) is 0. The predicted molar refractivity (Wildman–Crippen MR) is 143 cm³/mol. The molecule has 0 atom stereocenters. The third-order valence-corrected chi connectivity index (χ3v) is 6.37. The Hall–Kier alpha value is -2.69. The Bertz CT molecular complexity index is 975. The molecule has 0 bridgehead atoms. The van der Waals surface area contributed by atoms with E-state index in [0.717, 1.165) is 17.4 Å². The lowest BCUT2D eigenvalue weighted by Crippen LogP contribution is -2.06. The lowest BCUT2D eigenvalue weighted by atomic mass is 10.0. The van der Waals surface area contributed by atoms with E-state index < -0.39 is 0 Å². The number of anilines is 1. The second-order valence-electron chi connectivity index (χ2n) is 9.31. The number of nitrogens with zero attached hydrogens (tertiary/aromatic N) is 3. The van der Waals surface area contributed by atoms with Crippen molar-refractivity contribution in [1.29, 1.82) is 0 Å². The van der Waals surface area contributed by atoms with Gasteiger partial charge in [-0.05, 0) is 23.3 Å². The van der Waals surface area contributed by atoms with Crippen LogP contribution in [0.5, 0.6) is 6.01 Å². The molecule has 34 heavy (non-hydrogen) atoms. The molecule has 0 aliphatic carbocycles. The van der Waals surface area contributed by atoms with Crippen LogP contribution in [0.3, 0.4) is 0 Å². The zero-order valence-electron chi connectivity index (χ0n) is 21.0. The number of benzene rings is 2. The fraction of sp³-hybridized carbons (Fsp3) is 0.552. The Morgan fingerprint density at radius 3 is 1.88 bits per heavy atom. The first kappa shape index (κ1) is 25.9. The molecule has 0 radical (unpaired) electrons. The van der Waals surface area contributed by atoms with E-state index in [-0.39, 0.29) is 5.95 Å². The van der Waals surface area contributed by atoms with Crippen molar-refractivity contribution in [3.8, 4) is 17.4 Å². The molecule has 0 saturated heterocycles. The van der Waals surface area contributed by atoms with Gasteiger partial charge in [-0.15, -0.1) is 0 Å². The summed E-state index contributed by atoms with van der Waals surface area (Å²) in [5, 5.41) is 2.33. The van der Waals surface area contributed by atoms with Gasteiger partial charge in [-0.3, -0.25) is 0 Å². The number of aromatic nitrogens is 3. The summed E-state index contributed by atoms with van der Waals surface area (Å²) in [6.45, 7) is 2.89. The van der Waals surface area contributed by atoms with Crippen LogP contribution in [0.15, 0.2) is 42.5 Å². The molecule has 2 aromatic carbocycles. The highest BCUT2D eigenvalue weighted by atomic mass is 16.5. The summed E-state index contributed by atoms with van der Waals surface area (Å²) < 4.78 is 5.80. The van der Waals surface area contributed by atoms with Crippen molar-refractivity contribution in [2.75, 3.05) is 12.3 Å². The number of hydrogen-bond donors (Lipinski definition) is 1. The van der Waals surface area contributed by atoms with Crippen LogP contribution in [0.1, 0.15) is 96.8 Å². The summed E-state index contributed by atoms with van der Waals surface area (Å²) >= 11 is 0. The maximum absolute atomic E-state index is 5.92. The summed E-state index contributed by atoms with van der Waals surface area (Å²) in [5.41, 5.74) is 6.83. The van der Waals surface area contributed by atoms with E-state index in [0.29, 0.717) is 18.4 Å². The molecule has 0 saturated carbocycles. The predicted octanol–water partition coefficient (Wildman–Crippen LogP) is 8.13. The zero-order chi connectivity index (χ0) is 23.8. The Morgan fingerprint density at radius 2 is 1.24 bits per heavy atom. The molecule has 1 aromatic heterocycles. The van der Waals surface area contributed by atoms with Gasteiger partial charge in [-0.2, -0.15) is 15.0 Å². The summed E-state index contributed by atoms with van der Waals surface area (Å²) in [5.74, 6) is 0.739. The number of ether oxygens (including phenoxy) is 1. The fourth-order valence-electron chi connectivity index (χ4n) is 4.35. The van der Waals surface area contributed by atoms with Crippen LogP contribution in [0, 0.1) is 0 Å². The minimum atomic E-state index is 0.189. The average molecular weight is 463 g/mol. The zero-order valence-corrected chi connectivity index (χ0v) is 21.0. The SMILES string of the molecule is CCCCCCCCCCCCCCCCOc1nc(N)nc(-c2ccc3ccccc3c2)n1. The van der Waals surface area contributed by atoms with Crippen LogP contribution in [0.2, 0.25) is 0 Å². The topological polar surface area (TPSA) is 73.9 Å². The molecule has 0 spiro atoms. The van der Waals surface area contributed by atoms with Gasteiger partial charge < -0.3 is 10.5 Å². The van der Waals surface area contributed by atoms with Crippen LogP contribution >= 0.6 is 0 Å². The normalized spacial score (nSPS) is 11.2. The number of nitrogens with two attached hydrogens (primary N) is 1. The van der Waals surface area contributed by atoms with Gasteiger partial charge in [0.1, 0.15) is 0 Å². The molecule has 0 amide bonds. The van der Waals surface area contributed by atoms with Gasteiger partial charge in [0.2, 0.25) is 5.95 Å². The second-order valence-corrected chi connectivity index (χ2v) is 9.31. The van der Waals surface area contributed by atoms with E-state index in [4.69, 9.17) is 10.5 Å². The summed E-state index contributed by atoms with van der Waals surface area (Å²) in [6, 6.07) is 14.7. The van der Waals surface area contributed by atoms with E-state index >= 15 is 0 Å². The van der Waals surface area contributed by atoms with Crippen molar-refractivity contribution in [2.24, 2.45) is 0 Å². The van der Waals surface area contributed by atoms with Crippen molar-refractivity contribution >= 4 is 16.7 Å². The van der Waals surface area contributed by atoms with Crippen LogP contribution in [0.25, 0.3) is 22.2 Å². The number of fused-ring (bicyclic) bond motifs is 1. The van der Waals surface area contributed by atoms with E-state index in [2.05, 4.69) is 46.1 Å². The molecular weight excluding hydrogens is 420 g/mol. The molecule has 5 heteroatoms. The molecule has 5 nitrogen and oxygen atoms in total. The first-order chi connectivity index (χ1) is 16.8. The molecule has 2 N–H and O–H groups in total. The Balaban J connectivity index is 1.28. The molecular formula is C29H42N4O. The van der Waals surface area contributed by atoms with Crippen molar-refractivity contribution in [3.63, 3.8) is 0 Å². The van der Waals surface area contributed by atoms with E-state index in [9.17, 15) is 0 Å². The highest BCUT2D eigenvalue weighted by Gasteiger charge is 2.09. The third kappa shape index (κ3) is 9.28. The van der Waals surface area contributed by atoms with E-state index in [1.807, 2.05) is 18.2 Å². The second kappa shape index (κ2) is 15.3. The Morgan fingerprint density at radius 1 is 0.647 bits per heavy atom. The van der Waals surface area contributed by atoms with Gasteiger partial charge in [0.15, 0.2) is 5.82 Å². The monoisotopic (exact) mass is 462 g/mol. The Labute approximate surface area is 205 Å². The lowest BCUT2D eigenvalue weighted by Gasteiger charge is -2.08. The van der Waals surface area contributed by atoms with Crippen LogP contribution in [-0.2, 0) is 0 Å². The molecule has 0 aliphatic heterocycles. The first-order valence-electron chi connectivity index (χ1n) is 13.4. The van der Waals surface area contributed by atoms with Crippen molar-refractivity contribution in [2.45, 2.75) is 96.8 Å². The van der Waals surface area contributed by atoms with Gasteiger partial charge in [-0.1, -0.05) is 127 Å². The largest absolute Gasteiger partial charge is 0.463 e. The summed E-state index contributed by atoms with van der Waals surface area (Å²) in [6.07, 6.45) is 18.8. The number of unbranched alkanes of at least 4 members (excludes halogenated alkanes) is 13. The van der Waals surface area contributed by atoms with Crippen molar-refractivity contribution < 1.29 is 4.74 Å². The highest BCUT2D eigenvalue weighted by Crippen LogP contribution is 2.23. The highest BCUT2D eigenvalue weighted by molar-refractivity contribution is 5.86. The lowest BCUT2D eigenvalue weighted by molar-refractivity contribution is 0.281. The van der Waals surface area contributed by atoms with Gasteiger partial charge in [0.25, 0.3) is 0 Å². The van der Waals surface area contributed by atoms with Crippen molar-refractivity contribution in [1.82, 2.24) is 15.0 Å². The summed E-state index contributed by atoms with van der Waals surface area (Å²) in [4.78, 5) is 13.0. The van der Waals surface area contributed by atoms with Crippen LogP contribution in [0.4, 0.5) is 5.95 Å². The molecule has 0 unspecified atom stereocenters. The van der Waals surface area contributed by atoms with E-state index in [1.54, 1.807) is 0 Å². The third-order valence-electron chi connectivity index (χ3n) is 6.37. The quantitative estimate of drug-likeness (QED) is 0.205. The number of hydrogen-bond acceptors (Lipinski definition) is 5. The molecule has 0 aliphatic rings. The fourth-order valence-corrected chi connectivity index (χ4v) is 4.35. The smallest absolute Gasteiger partial charge is 0.321 e. The molecule has 0 fully saturated rings. The van der Waals surface area contributed by atoms with E-state index in [1.165, 1.54) is 88.9 Å². The maximum Gasteiger partial charge on any atom is 0.321 e. The minimum absolute atomic E-state index is 0.189. The molecule has 184 valence electrons. The first-order valence-corrected chi connectivity index (χ1v) is 13.4. The average Bonchev–Trinajstić information content (AvgIpc) is 2.86. The minimum Gasteiger partial charge on any atom is -0.463 e. The maximum atomic E-state index is 5.92. The van der Waals surface area contributed by atoms with Gasteiger partial charge in [0.05, 0.1) is 6.61 Å². The van der Waals surface area contributed by atoms with Crippen LogP contribution < -0.4 is 10.5 Å². The van der Waals surface area contributed by atoms with Crippen LogP contribution in [-0.4, -0.2) is 21.6 Å². The molecule has 3 aromatic rings. The van der Waals surface area contributed by atoms with Gasteiger partial charge >= 0.3 is 6.01 Å². The standard InChI is InChI=1S/C29H42N4O/c1-2-3-4-5-6-7-8-9-10-11-12-13-14-17-22-34-29-32-27(31-28(30)33-29)26-21-20-24-18-15-16-19-25(24)23-26/h15-16,18-21,23H,2-14,17,22H2,1H3,(H2,30,31,32,33). The molecule has 3 rings (SSSR count). The number of nitrogen functional groups attached to an aromatic ring is 1.